The SMILES string of the molecule is O=C1CC(c2cccc(Br)c2)NC(=O)N1. The predicted octanol–water partition coefficient (Wildman–Crippen LogP) is 1.72. The average molecular weight is 269 g/mol. The minimum atomic E-state index is -0.434. The number of halogens is 1. The van der Waals surface area contributed by atoms with E-state index in [1.54, 1.807) is 0 Å². The third kappa shape index (κ3) is 2.36. The molecule has 3 amide bonds. The van der Waals surface area contributed by atoms with Gasteiger partial charge in [0.05, 0.1) is 12.5 Å². The lowest BCUT2D eigenvalue weighted by atomic mass is 10.0. The fourth-order valence-electron chi connectivity index (χ4n) is 1.53. The maximum atomic E-state index is 11.2. The Bertz CT molecular complexity index is 404. The number of benzene rings is 1. The van der Waals surface area contributed by atoms with Gasteiger partial charge in [-0.1, -0.05) is 28.1 Å². The maximum Gasteiger partial charge on any atom is 0.321 e. The fraction of sp³-hybridized carbons (Fsp3) is 0.200. The van der Waals surface area contributed by atoms with Crippen LogP contribution in [-0.4, -0.2) is 11.9 Å². The van der Waals surface area contributed by atoms with Gasteiger partial charge >= 0.3 is 6.03 Å². The van der Waals surface area contributed by atoms with E-state index < -0.39 is 6.03 Å². The molecule has 1 heterocycles. The van der Waals surface area contributed by atoms with Crippen LogP contribution in [0.4, 0.5) is 4.79 Å². The van der Waals surface area contributed by atoms with E-state index in [0.29, 0.717) is 0 Å². The van der Waals surface area contributed by atoms with Crippen LogP contribution in [0, 0.1) is 0 Å². The van der Waals surface area contributed by atoms with E-state index in [4.69, 9.17) is 0 Å². The van der Waals surface area contributed by atoms with Crippen molar-refractivity contribution in [3.05, 3.63) is 34.3 Å². The topological polar surface area (TPSA) is 58.2 Å². The van der Waals surface area contributed by atoms with E-state index in [1.807, 2.05) is 24.3 Å². The maximum absolute atomic E-state index is 11.2. The quantitative estimate of drug-likeness (QED) is 0.815. The van der Waals surface area contributed by atoms with Crippen molar-refractivity contribution in [3.8, 4) is 0 Å². The van der Waals surface area contributed by atoms with Crippen molar-refractivity contribution in [1.29, 1.82) is 0 Å². The van der Waals surface area contributed by atoms with E-state index in [-0.39, 0.29) is 18.4 Å². The number of hydrogen-bond acceptors (Lipinski definition) is 2. The lowest BCUT2D eigenvalue weighted by Gasteiger charge is -2.23. The highest BCUT2D eigenvalue weighted by Gasteiger charge is 2.24. The van der Waals surface area contributed by atoms with Gasteiger partial charge in [-0.25, -0.2) is 4.79 Å². The summed E-state index contributed by atoms with van der Waals surface area (Å²) in [6.45, 7) is 0. The molecule has 2 rings (SSSR count). The first kappa shape index (κ1) is 10.2. The Balaban J connectivity index is 2.23. The summed E-state index contributed by atoms with van der Waals surface area (Å²) in [6, 6.07) is 6.88. The number of imide groups is 1. The number of hydrogen-bond donors (Lipinski definition) is 2. The van der Waals surface area contributed by atoms with Gasteiger partial charge in [0, 0.05) is 4.47 Å². The Labute approximate surface area is 95.2 Å². The third-order valence-corrected chi connectivity index (χ3v) is 2.69. The van der Waals surface area contributed by atoms with Gasteiger partial charge < -0.3 is 5.32 Å². The summed E-state index contributed by atoms with van der Waals surface area (Å²) in [5.41, 5.74) is 0.924. The van der Waals surface area contributed by atoms with Crippen LogP contribution in [0.5, 0.6) is 0 Å². The Morgan fingerprint density at radius 2 is 2.13 bits per heavy atom. The van der Waals surface area contributed by atoms with Gasteiger partial charge in [-0.2, -0.15) is 0 Å². The van der Waals surface area contributed by atoms with Crippen molar-refractivity contribution < 1.29 is 9.59 Å². The molecule has 2 N–H and O–H groups in total. The van der Waals surface area contributed by atoms with Gasteiger partial charge in [0.1, 0.15) is 0 Å². The molecule has 1 aromatic carbocycles. The second-order valence-electron chi connectivity index (χ2n) is 3.33. The zero-order valence-corrected chi connectivity index (χ0v) is 9.37. The van der Waals surface area contributed by atoms with E-state index in [0.717, 1.165) is 10.0 Å². The van der Waals surface area contributed by atoms with Crippen molar-refractivity contribution >= 4 is 27.9 Å². The zero-order valence-electron chi connectivity index (χ0n) is 7.79. The number of urea groups is 1. The summed E-state index contributed by atoms with van der Waals surface area (Å²) in [7, 11) is 0. The van der Waals surface area contributed by atoms with Gasteiger partial charge in [-0.3, -0.25) is 10.1 Å². The zero-order chi connectivity index (χ0) is 10.8. The minimum absolute atomic E-state index is 0.233. The molecule has 0 spiro atoms. The summed E-state index contributed by atoms with van der Waals surface area (Å²) in [5, 5.41) is 4.89. The molecule has 1 aliphatic heterocycles. The van der Waals surface area contributed by atoms with Crippen LogP contribution >= 0.6 is 15.9 Å². The molecule has 1 atom stereocenters. The molecule has 0 radical (unpaired) electrons. The average Bonchev–Trinajstić information content (AvgIpc) is 2.16. The van der Waals surface area contributed by atoms with E-state index in [1.165, 1.54) is 0 Å². The predicted molar refractivity (Wildman–Crippen MR) is 58.2 cm³/mol. The highest BCUT2D eigenvalue weighted by molar-refractivity contribution is 9.10. The first-order valence-electron chi connectivity index (χ1n) is 4.51. The van der Waals surface area contributed by atoms with Crippen LogP contribution in [0.25, 0.3) is 0 Å². The largest absolute Gasteiger partial charge is 0.330 e. The van der Waals surface area contributed by atoms with Crippen LogP contribution in [0.1, 0.15) is 18.0 Å². The molecule has 0 bridgehead atoms. The van der Waals surface area contributed by atoms with Gasteiger partial charge in [0.25, 0.3) is 0 Å². The second-order valence-corrected chi connectivity index (χ2v) is 4.25. The van der Waals surface area contributed by atoms with Crippen molar-refractivity contribution in [2.45, 2.75) is 12.5 Å². The van der Waals surface area contributed by atoms with Crippen molar-refractivity contribution in [3.63, 3.8) is 0 Å². The summed E-state index contributed by atoms with van der Waals surface area (Å²) < 4.78 is 0.931. The van der Waals surface area contributed by atoms with E-state index >= 15 is 0 Å². The summed E-state index contributed by atoms with van der Waals surface area (Å²) >= 11 is 3.35. The van der Waals surface area contributed by atoms with Crippen molar-refractivity contribution in [2.24, 2.45) is 0 Å². The molecule has 78 valence electrons. The van der Waals surface area contributed by atoms with Gasteiger partial charge in [0.15, 0.2) is 0 Å². The first-order chi connectivity index (χ1) is 7.15. The number of rotatable bonds is 1. The highest BCUT2D eigenvalue weighted by Crippen LogP contribution is 2.22. The number of carbonyl (C=O) groups excluding carboxylic acids is 2. The van der Waals surface area contributed by atoms with Crippen LogP contribution < -0.4 is 10.6 Å². The van der Waals surface area contributed by atoms with E-state index in [9.17, 15) is 9.59 Å². The lowest BCUT2D eigenvalue weighted by Crippen LogP contribution is -2.48. The molecule has 5 heteroatoms. The van der Waals surface area contributed by atoms with Gasteiger partial charge in [0.2, 0.25) is 5.91 Å². The Hall–Kier alpha value is -1.36. The molecule has 1 unspecified atom stereocenters. The van der Waals surface area contributed by atoms with E-state index in [2.05, 4.69) is 26.6 Å². The van der Waals surface area contributed by atoms with Crippen LogP contribution in [0.3, 0.4) is 0 Å². The molecule has 4 nitrogen and oxygen atoms in total. The first-order valence-corrected chi connectivity index (χ1v) is 5.30. The molecule has 15 heavy (non-hydrogen) atoms. The van der Waals surface area contributed by atoms with Crippen LogP contribution in [0.15, 0.2) is 28.7 Å². The Kier molecular flexibility index (Phi) is 2.73. The number of amides is 3. The monoisotopic (exact) mass is 268 g/mol. The fourth-order valence-corrected chi connectivity index (χ4v) is 1.95. The Morgan fingerprint density at radius 3 is 2.80 bits per heavy atom. The van der Waals surface area contributed by atoms with Crippen molar-refractivity contribution in [1.82, 2.24) is 10.6 Å². The lowest BCUT2D eigenvalue weighted by molar-refractivity contribution is -0.121. The molecule has 0 aromatic heterocycles. The Morgan fingerprint density at radius 1 is 1.33 bits per heavy atom. The molecule has 1 aliphatic rings. The number of nitrogens with one attached hydrogen (secondary N) is 2. The second kappa shape index (κ2) is 4.02. The smallest absolute Gasteiger partial charge is 0.321 e. The molecule has 0 aliphatic carbocycles. The molecule has 1 fully saturated rings. The van der Waals surface area contributed by atoms with Gasteiger partial charge in [-0.05, 0) is 17.7 Å². The molecule has 1 aromatic rings. The summed E-state index contributed by atoms with van der Waals surface area (Å²) in [5.74, 6) is -0.247. The third-order valence-electron chi connectivity index (χ3n) is 2.20. The minimum Gasteiger partial charge on any atom is -0.330 e. The normalized spacial score (nSPS) is 20.7. The molecule has 1 saturated heterocycles. The van der Waals surface area contributed by atoms with Crippen LogP contribution in [0.2, 0.25) is 0 Å². The molecular weight excluding hydrogens is 260 g/mol. The summed E-state index contributed by atoms with van der Waals surface area (Å²) in [6.07, 6.45) is 0.280. The van der Waals surface area contributed by atoms with Crippen LogP contribution in [-0.2, 0) is 4.79 Å². The van der Waals surface area contributed by atoms with Crippen molar-refractivity contribution in [2.75, 3.05) is 0 Å². The molecular formula is C10H9BrN2O2. The van der Waals surface area contributed by atoms with Gasteiger partial charge in [-0.15, -0.1) is 0 Å². The standard InChI is InChI=1S/C10H9BrN2O2/c11-7-3-1-2-6(4-7)8-5-9(14)13-10(15)12-8/h1-4,8H,5H2,(H2,12,13,14,15). The summed E-state index contributed by atoms with van der Waals surface area (Å²) in [4.78, 5) is 22.2. The molecule has 0 saturated carbocycles. The number of carbonyl (C=O) groups is 2. The highest BCUT2D eigenvalue weighted by atomic mass is 79.9.